The van der Waals surface area contributed by atoms with Gasteiger partial charge in [-0.25, -0.2) is 4.98 Å². The maximum absolute atomic E-state index is 5.61. The molecule has 2 rings (SSSR count). The quantitative estimate of drug-likeness (QED) is 0.827. The van der Waals surface area contributed by atoms with E-state index in [1.807, 2.05) is 6.92 Å². The van der Waals surface area contributed by atoms with Crippen molar-refractivity contribution in [1.29, 1.82) is 0 Å². The lowest BCUT2D eigenvalue weighted by Gasteiger charge is -2.12. The standard InChI is InChI=1S/C10H15N7O/c1-3-4-7(2)18-10-15-8(11)14-9(16-10)17-6-12-5-13-17/h5-7H,3-4H2,1-2H3,(H2,11,14,15,16). The average molecular weight is 249 g/mol. The SMILES string of the molecule is CCCC(C)Oc1nc(N)nc(-n2cncn2)n1. The van der Waals surface area contributed by atoms with E-state index in [4.69, 9.17) is 10.5 Å². The van der Waals surface area contributed by atoms with Gasteiger partial charge in [0.25, 0.3) is 5.95 Å². The molecule has 0 aliphatic carbocycles. The van der Waals surface area contributed by atoms with Gasteiger partial charge in [0.2, 0.25) is 5.95 Å². The normalized spacial score (nSPS) is 12.3. The minimum atomic E-state index is 0.0281. The Balaban J connectivity index is 2.22. The maximum Gasteiger partial charge on any atom is 0.323 e. The second kappa shape index (κ2) is 5.39. The van der Waals surface area contributed by atoms with Crippen molar-refractivity contribution in [1.82, 2.24) is 29.7 Å². The van der Waals surface area contributed by atoms with Crippen molar-refractivity contribution < 1.29 is 4.74 Å². The Kier molecular flexibility index (Phi) is 3.66. The van der Waals surface area contributed by atoms with Gasteiger partial charge in [0.1, 0.15) is 12.7 Å². The molecule has 0 aliphatic heterocycles. The van der Waals surface area contributed by atoms with Gasteiger partial charge in [0.05, 0.1) is 6.10 Å². The number of rotatable bonds is 5. The second-order valence-electron chi connectivity index (χ2n) is 3.83. The van der Waals surface area contributed by atoms with E-state index >= 15 is 0 Å². The highest BCUT2D eigenvalue weighted by molar-refractivity contribution is 5.24. The van der Waals surface area contributed by atoms with E-state index in [1.54, 1.807) is 0 Å². The van der Waals surface area contributed by atoms with Crippen LogP contribution in [0.25, 0.3) is 5.95 Å². The van der Waals surface area contributed by atoms with Crippen molar-refractivity contribution in [2.45, 2.75) is 32.8 Å². The van der Waals surface area contributed by atoms with Crippen LogP contribution in [-0.4, -0.2) is 35.8 Å². The fourth-order valence-electron chi connectivity index (χ4n) is 1.47. The lowest BCUT2D eigenvalue weighted by Crippen LogP contribution is -2.15. The fraction of sp³-hybridized carbons (Fsp3) is 0.500. The largest absolute Gasteiger partial charge is 0.460 e. The summed E-state index contributed by atoms with van der Waals surface area (Å²) in [5, 5.41) is 3.93. The summed E-state index contributed by atoms with van der Waals surface area (Å²) < 4.78 is 6.97. The van der Waals surface area contributed by atoms with Gasteiger partial charge in [-0.15, -0.1) is 0 Å². The zero-order chi connectivity index (χ0) is 13.0. The summed E-state index contributed by atoms with van der Waals surface area (Å²) in [7, 11) is 0. The highest BCUT2D eigenvalue weighted by Gasteiger charge is 2.10. The number of anilines is 1. The van der Waals surface area contributed by atoms with Gasteiger partial charge >= 0.3 is 6.01 Å². The molecular weight excluding hydrogens is 234 g/mol. The smallest absolute Gasteiger partial charge is 0.323 e. The first-order valence-electron chi connectivity index (χ1n) is 5.72. The van der Waals surface area contributed by atoms with Crippen molar-refractivity contribution in [3.8, 4) is 12.0 Å². The molecule has 0 spiro atoms. The predicted octanol–water partition coefficient (Wildman–Crippen LogP) is 0.602. The van der Waals surface area contributed by atoms with E-state index in [-0.39, 0.29) is 18.1 Å². The molecule has 1 unspecified atom stereocenters. The molecule has 0 bridgehead atoms. The molecular formula is C10H15N7O. The Morgan fingerprint density at radius 2 is 2.22 bits per heavy atom. The fourth-order valence-corrected chi connectivity index (χ4v) is 1.47. The molecule has 2 N–H and O–H groups in total. The van der Waals surface area contributed by atoms with Crippen LogP contribution in [0.1, 0.15) is 26.7 Å². The maximum atomic E-state index is 5.61. The highest BCUT2D eigenvalue weighted by Crippen LogP contribution is 2.11. The molecule has 0 amide bonds. The molecule has 0 aromatic carbocycles. The van der Waals surface area contributed by atoms with Crippen molar-refractivity contribution in [2.75, 3.05) is 5.73 Å². The molecule has 0 aliphatic rings. The molecule has 0 radical (unpaired) electrons. The first-order valence-corrected chi connectivity index (χ1v) is 5.72. The Bertz CT molecular complexity index is 499. The van der Waals surface area contributed by atoms with Crippen LogP contribution in [0.4, 0.5) is 5.95 Å². The molecule has 1 atom stereocenters. The van der Waals surface area contributed by atoms with Crippen LogP contribution in [-0.2, 0) is 0 Å². The lowest BCUT2D eigenvalue weighted by atomic mass is 10.2. The molecule has 8 heteroatoms. The van der Waals surface area contributed by atoms with E-state index in [0.29, 0.717) is 5.95 Å². The summed E-state index contributed by atoms with van der Waals surface area (Å²) in [6.45, 7) is 4.04. The van der Waals surface area contributed by atoms with Gasteiger partial charge < -0.3 is 10.5 Å². The Morgan fingerprint density at radius 1 is 1.39 bits per heavy atom. The monoisotopic (exact) mass is 249 g/mol. The Labute approximate surface area is 104 Å². The first-order chi connectivity index (χ1) is 8.69. The molecule has 2 aromatic heterocycles. The number of aromatic nitrogens is 6. The number of hydrogen-bond donors (Lipinski definition) is 1. The van der Waals surface area contributed by atoms with E-state index in [9.17, 15) is 0 Å². The van der Waals surface area contributed by atoms with Crippen molar-refractivity contribution in [2.24, 2.45) is 0 Å². The molecule has 0 saturated heterocycles. The summed E-state index contributed by atoms with van der Waals surface area (Å²) >= 11 is 0. The minimum absolute atomic E-state index is 0.0281. The molecule has 2 aromatic rings. The third kappa shape index (κ3) is 2.90. The van der Waals surface area contributed by atoms with Crippen molar-refractivity contribution in [3.63, 3.8) is 0 Å². The summed E-state index contributed by atoms with van der Waals surface area (Å²) in [4.78, 5) is 15.9. The van der Waals surface area contributed by atoms with Crippen LogP contribution < -0.4 is 10.5 Å². The van der Waals surface area contributed by atoms with Crippen LogP contribution >= 0.6 is 0 Å². The van der Waals surface area contributed by atoms with Gasteiger partial charge in [-0.1, -0.05) is 13.3 Å². The third-order valence-electron chi connectivity index (χ3n) is 2.25. The summed E-state index contributed by atoms with van der Waals surface area (Å²) in [6, 6.07) is 0.203. The Hall–Kier alpha value is -2.25. The van der Waals surface area contributed by atoms with E-state index in [1.165, 1.54) is 17.3 Å². The van der Waals surface area contributed by atoms with Gasteiger partial charge in [0.15, 0.2) is 0 Å². The van der Waals surface area contributed by atoms with Crippen LogP contribution in [0.15, 0.2) is 12.7 Å². The number of nitrogens with two attached hydrogens (primary N) is 1. The number of ether oxygens (including phenoxy) is 1. The van der Waals surface area contributed by atoms with Crippen molar-refractivity contribution in [3.05, 3.63) is 12.7 Å². The second-order valence-corrected chi connectivity index (χ2v) is 3.83. The van der Waals surface area contributed by atoms with E-state index in [0.717, 1.165) is 12.8 Å². The van der Waals surface area contributed by atoms with Crippen molar-refractivity contribution >= 4 is 5.95 Å². The van der Waals surface area contributed by atoms with E-state index < -0.39 is 0 Å². The van der Waals surface area contributed by atoms with E-state index in [2.05, 4.69) is 32.0 Å². The van der Waals surface area contributed by atoms with Gasteiger partial charge in [-0.05, 0) is 13.3 Å². The number of nitrogens with zero attached hydrogens (tertiary/aromatic N) is 6. The average Bonchev–Trinajstić information content (AvgIpc) is 2.81. The van der Waals surface area contributed by atoms with Crippen LogP contribution in [0.2, 0.25) is 0 Å². The van der Waals surface area contributed by atoms with Crippen LogP contribution in [0.3, 0.4) is 0 Å². The highest BCUT2D eigenvalue weighted by atomic mass is 16.5. The molecule has 0 fully saturated rings. The molecule has 18 heavy (non-hydrogen) atoms. The molecule has 8 nitrogen and oxygen atoms in total. The lowest BCUT2D eigenvalue weighted by molar-refractivity contribution is 0.192. The van der Waals surface area contributed by atoms with Gasteiger partial charge in [0, 0.05) is 0 Å². The third-order valence-corrected chi connectivity index (χ3v) is 2.25. The summed E-state index contributed by atoms with van der Waals surface area (Å²) in [5.41, 5.74) is 5.61. The molecule has 96 valence electrons. The topological polar surface area (TPSA) is 105 Å². The zero-order valence-corrected chi connectivity index (χ0v) is 10.3. The minimum Gasteiger partial charge on any atom is -0.460 e. The summed E-state index contributed by atoms with van der Waals surface area (Å²) in [6.07, 6.45) is 4.84. The zero-order valence-electron chi connectivity index (χ0n) is 10.3. The molecule has 2 heterocycles. The van der Waals surface area contributed by atoms with Crippen LogP contribution in [0, 0.1) is 0 Å². The van der Waals surface area contributed by atoms with Gasteiger partial charge in [-0.2, -0.15) is 24.7 Å². The number of hydrogen-bond acceptors (Lipinski definition) is 7. The summed E-state index contributed by atoms with van der Waals surface area (Å²) in [5.74, 6) is 0.382. The van der Waals surface area contributed by atoms with Crippen LogP contribution in [0.5, 0.6) is 6.01 Å². The predicted molar refractivity (Wildman–Crippen MR) is 64.2 cm³/mol. The number of nitrogen functional groups attached to an aromatic ring is 1. The first kappa shape index (κ1) is 12.2. The molecule has 0 saturated carbocycles. The Morgan fingerprint density at radius 3 is 2.89 bits per heavy atom. The van der Waals surface area contributed by atoms with Gasteiger partial charge in [-0.3, -0.25) is 0 Å².